The highest BCUT2D eigenvalue weighted by atomic mass is 79.9. The van der Waals surface area contributed by atoms with Gasteiger partial charge in [0.1, 0.15) is 6.10 Å². The third kappa shape index (κ3) is 2.27. The van der Waals surface area contributed by atoms with E-state index in [9.17, 15) is 0 Å². The molecule has 0 atom stereocenters. The zero-order valence-corrected chi connectivity index (χ0v) is 9.88. The van der Waals surface area contributed by atoms with Crippen molar-refractivity contribution in [3.8, 4) is 5.88 Å². The van der Waals surface area contributed by atoms with Gasteiger partial charge in [0.05, 0.1) is 0 Å². The summed E-state index contributed by atoms with van der Waals surface area (Å²) in [4.78, 5) is 4.27. The van der Waals surface area contributed by atoms with Crippen LogP contribution in [0.3, 0.4) is 0 Å². The third-order valence-electron chi connectivity index (χ3n) is 2.58. The minimum Gasteiger partial charge on any atom is -0.474 e. The zero-order valence-electron chi connectivity index (χ0n) is 8.29. The lowest BCUT2D eigenvalue weighted by Gasteiger charge is -2.13. The van der Waals surface area contributed by atoms with Crippen molar-refractivity contribution in [1.29, 1.82) is 0 Å². The highest BCUT2D eigenvalue weighted by Gasteiger charge is 2.17. The average molecular weight is 256 g/mol. The molecule has 1 aliphatic rings. The zero-order chi connectivity index (χ0) is 9.97. The average Bonchev–Trinajstić information content (AvgIpc) is 2.62. The largest absolute Gasteiger partial charge is 0.474 e. The molecule has 0 amide bonds. The first-order valence-corrected chi connectivity index (χ1v) is 5.84. The summed E-state index contributed by atoms with van der Waals surface area (Å²) in [5.74, 6) is 0.792. The molecule has 1 aromatic rings. The Balaban J connectivity index is 2.08. The predicted molar refractivity (Wildman–Crippen MR) is 59.6 cm³/mol. The second kappa shape index (κ2) is 4.30. The molecule has 0 aliphatic heterocycles. The van der Waals surface area contributed by atoms with Gasteiger partial charge in [-0.3, -0.25) is 0 Å². The molecular formula is C11H14BrNO. The molecule has 1 aromatic heterocycles. The van der Waals surface area contributed by atoms with Crippen LogP contribution in [0.25, 0.3) is 0 Å². The molecule has 0 spiro atoms. The van der Waals surface area contributed by atoms with E-state index < -0.39 is 0 Å². The van der Waals surface area contributed by atoms with Crippen molar-refractivity contribution in [1.82, 2.24) is 4.98 Å². The number of halogens is 1. The van der Waals surface area contributed by atoms with Crippen LogP contribution in [0, 0.1) is 6.92 Å². The molecule has 1 heterocycles. The number of nitrogens with zero attached hydrogens (tertiary/aromatic N) is 1. The Morgan fingerprint density at radius 3 is 2.79 bits per heavy atom. The minimum absolute atomic E-state index is 0.391. The Bertz CT molecular complexity index is 321. The van der Waals surface area contributed by atoms with Gasteiger partial charge in [0.15, 0.2) is 0 Å². The molecular weight excluding hydrogens is 242 g/mol. The van der Waals surface area contributed by atoms with E-state index in [-0.39, 0.29) is 0 Å². The van der Waals surface area contributed by atoms with E-state index in [1.54, 1.807) is 6.20 Å². The molecule has 3 heteroatoms. The van der Waals surface area contributed by atoms with E-state index in [1.807, 2.05) is 13.0 Å². The monoisotopic (exact) mass is 255 g/mol. The summed E-state index contributed by atoms with van der Waals surface area (Å²) in [6, 6.07) is 2.04. The van der Waals surface area contributed by atoms with Crippen LogP contribution < -0.4 is 4.74 Å². The fraction of sp³-hybridized carbons (Fsp3) is 0.545. The molecule has 0 saturated heterocycles. The summed E-state index contributed by atoms with van der Waals surface area (Å²) in [7, 11) is 0. The Morgan fingerprint density at radius 1 is 1.43 bits per heavy atom. The fourth-order valence-corrected chi connectivity index (χ4v) is 2.26. The molecule has 0 N–H and O–H groups in total. The molecule has 0 aromatic carbocycles. The predicted octanol–water partition coefficient (Wildman–Crippen LogP) is 3.47. The Labute approximate surface area is 92.8 Å². The molecule has 1 saturated carbocycles. The fourth-order valence-electron chi connectivity index (χ4n) is 1.82. The van der Waals surface area contributed by atoms with E-state index >= 15 is 0 Å². The Morgan fingerprint density at radius 2 is 2.14 bits per heavy atom. The summed E-state index contributed by atoms with van der Waals surface area (Å²) >= 11 is 3.39. The van der Waals surface area contributed by atoms with Gasteiger partial charge in [-0.15, -0.1) is 0 Å². The maximum absolute atomic E-state index is 5.83. The van der Waals surface area contributed by atoms with E-state index in [2.05, 4.69) is 20.9 Å². The number of pyridine rings is 1. The van der Waals surface area contributed by atoms with Gasteiger partial charge in [0.25, 0.3) is 0 Å². The number of aryl methyl sites for hydroxylation is 1. The van der Waals surface area contributed by atoms with Crippen LogP contribution in [0.1, 0.15) is 31.2 Å². The van der Waals surface area contributed by atoms with Gasteiger partial charge in [0.2, 0.25) is 5.88 Å². The van der Waals surface area contributed by atoms with Gasteiger partial charge in [-0.2, -0.15) is 0 Å². The van der Waals surface area contributed by atoms with Gasteiger partial charge in [0, 0.05) is 16.2 Å². The van der Waals surface area contributed by atoms with Crippen molar-refractivity contribution >= 4 is 15.9 Å². The molecule has 76 valence electrons. The Kier molecular flexibility index (Phi) is 3.06. The van der Waals surface area contributed by atoms with E-state index in [4.69, 9.17) is 4.74 Å². The van der Waals surface area contributed by atoms with Crippen LogP contribution in [0.4, 0.5) is 0 Å². The molecule has 1 aliphatic carbocycles. The molecule has 0 unspecified atom stereocenters. The van der Waals surface area contributed by atoms with Crippen LogP contribution in [-0.4, -0.2) is 11.1 Å². The quantitative estimate of drug-likeness (QED) is 0.808. The van der Waals surface area contributed by atoms with Gasteiger partial charge in [-0.25, -0.2) is 4.98 Å². The van der Waals surface area contributed by atoms with Crippen LogP contribution in [0.2, 0.25) is 0 Å². The van der Waals surface area contributed by atoms with Crippen molar-refractivity contribution < 1.29 is 4.74 Å². The van der Waals surface area contributed by atoms with Crippen LogP contribution in [-0.2, 0) is 0 Å². The molecule has 14 heavy (non-hydrogen) atoms. The number of ether oxygens (including phenoxy) is 1. The number of hydrogen-bond acceptors (Lipinski definition) is 2. The number of aromatic nitrogens is 1. The van der Waals surface area contributed by atoms with Gasteiger partial charge < -0.3 is 4.74 Å². The lowest BCUT2D eigenvalue weighted by molar-refractivity contribution is 0.200. The molecule has 0 radical (unpaired) electrons. The summed E-state index contributed by atoms with van der Waals surface area (Å²) < 4.78 is 6.84. The van der Waals surface area contributed by atoms with Crippen molar-refractivity contribution in [2.24, 2.45) is 0 Å². The third-order valence-corrected chi connectivity index (χ3v) is 3.01. The van der Waals surface area contributed by atoms with Crippen molar-refractivity contribution in [2.75, 3.05) is 0 Å². The SMILES string of the molecule is Cc1cc(Br)cnc1OC1CCCC1. The Hall–Kier alpha value is -0.570. The van der Waals surface area contributed by atoms with Crippen molar-refractivity contribution in [2.45, 2.75) is 38.7 Å². The molecule has 2 rings (SSSR count). The molecule has 2 nitrogen and oxygen atoms in total. The summed E-state index contributed by atoms with van der Waals surface area (Å²) in [5, 5.41) is 0. The van der Waals surface area contributed by atoms with Crippen LogP contribution >= 0.6 is 15.9 Å². The summed E-state index contributed by atoms with van der Waals surface area (Å²) in [5.41, 5.74) is 1.10. The first-order chi connectivity index (χ1) is 6.75. The normalized spacial score (nSPS) is 17.3. The van der Waals surface area contributed by atoms with Gasteiger partial charge in [-0.1, -0.05) is 0 Å². The van der Waals surface area contributed by atoms with Crippen molar-refractivity contribution in [3.05, 3.63) is 22.3 Å². The smallest absolute Gasteiger partial charge is 0.216 e. The summed E-state index contributed by atoms with van der Waals surface area (Å²) in [6.07, 6.45) is 7.12. The van der Waals surface area contributed by atoms with E-state index in [1.165, 1.54) is 25.7 Å². The maximum atomic E-state index is 5.83. The topological polar surface area (TPSA) is 22.1 Å². The van der Waals surface area contributed by atoms with Crippen molar-refractivity contribution in [3.63, 3.8) is 0 Å². The molecule has 0 bridgehead atoms. The molecule has 1 fully saturated rings. The highest BCUT2D eigenvalue weighted by molar-refractivity contribution is 9.10. The van der Waals surface area contributed by atoms with Gasteiger partial charge >= 0.3 is 0 Å². The second-order valence-corrected chi connectivity index (χ2v) is 4.72. The lowest BCUT2D eigenvalue weighted by atomic mass is 10.3. The standard InChI is InChI=1S/C11H14BrNO/c1-8-6-9(12)7-13-11(8)14-10-4-2-3-5-10/h6-7,10H,2-5H2,1H3. The maximum Gasteiger partial charge on any atom is 0.216 e. The number of rotatable bonds is 2. The second-order valence-electron chi connectivity index (χ2n) is 3.80. The van der Waals surface area contributed by atoms with Gasteiger partial charge in [-0.05, 0) is 54.6 Å². The number of hydrogen-bond donors (Lipinski definition) is 0. The van der Waals surface area contributed by atoms with Crippen LogP contribution in [0.15, 0.2) is 16.7 Å². The van der Waals surface area contributed by atoms with E-state index in [0.717, 1.165) is 15.9 Å². The van der Waals surface area contributed by atoms with Crippen LogP contribution in [0.5, 0.6) is 5.88 Å². The summed E-state index contributed by atoms with van der Waals surface area (Å²) in [6.45, 7) is 2.03. The highest BCUT2D eigenvalue weighted by Crippen LogP contribution is 2.25. The first-order valence-electron chi connectivity index (χ1n) is 5.04. The van der Waals surface area contributed by atoms with E-state index in [0.29, 0.717) is 6.10 Å². The minimum atomic E-state index is 0.391. The lowest BCUT2D eigenvalue weighted by Crippen LogP contribution is -2.12. The first kappa shape index (κ1) is 9.97.